The van der Waals surface area contributed by atoms with E-state index in [2.05, 4.69) is 21.4 Å². The molecule has 0 bridgehead atoms. The summed E-state index contributed by atoms with van der Waals surface area (Å²) in [6, 6.07) is 8.23. The molecule has 1 aromatic carbocycles. The van der Waals surface area contributed by atoms with E-state index in [4.69, 9.17) is 9.26 Å². The highest BCUT2D eigenvalue weighted by molar-refractivity contribution is 7.99. The summed E-state index contributed by atoms with van der Waals surface area (Å²) in [7, 11) is 1.70. The number of amides is 1. The zero-order valence-electron chi connectivity index (χ0n) is 16.9. The highest BCUT2D eigenvalue weighted by Gasteiger charge is 2.26. The maximum absolute atomic E-state index is 12.4. The van der Waals surface area contributed by atoms with Crippen LogP contribution in [0, 0.1) is 13.8 Å². The number of carbonyl (C=O) groups is 1. The van der Waals surface area contributed by atoms with Crippen molar-refractivity contribution < 1.29 is 14.1 Å². The van der Waals surface area contributed by atoms with Gasteiger partial charge in [0.25, 0.3) is 0 Å². The van der Waals surface area contributed by atoms with Crippen LogP contribution in [0.15, 0.2) is 28.8 Å². The molecule has 0 spiro atoms. The molecular formula is C21H29N3O3S. The minimum Gasteiger partial charge on any atom is -0.496 e. The van der Waals surface area contributed by atoms with E-state index in [0.717, 1.165) is 47.2 Å². The summed E-state index contributed by atoms with van der Waals surface area (Å²) >= 11 is 1.58. The van der Waals surface area contributed by atoms with Gasteiger partial charge >= 0.3 is 0 Å². The first-order valence-corrected chi connectivity index (χ1v) is 10.9. The van der Waals surface area contributed by atoms with Gasteiger partial charge in [-0.05, 0) is 45.8 Å². The lowest BCUT2D eigenvalue weighted by atomic mass is 10.0. The Morgan fingerprint density at radius 3 is 2.75 bits per heavy atom. The number of benzene rings is 1. The fourth-order valence-corrected chi connectivity index (χ4v) is 4.65. The van der Waals surface area contributed by atoms with Crippen molar-refractivity contribution in [3.8, 4) is 5.75 Å². The number of likely N-dealkylation sites (tertiary alicyclic amines) is 1. The highest BCUT2D eigenvalue weighted by Crippen LogP contribution is 2.31. The first-order valence-electron chi connectivity index (χ1n) is 9.73. The topological polar surface area (TPSA) is 67.6 Å². The van der Waals surface area contributed by atoms with Gasteiger partial charge in [-0.1, -0.05) is 23.4 Å². The lowest BCUT2D eigenvalue weighted by Gasteiger charge is -2.29. The number of hydrogen-bond acceptors (Lipinski definition) is 6. The average molecular weight is 404 g/mol. The summed E-state index contributed by atoms with van der Waals surface area (Å²) in [5, 5.41) is 7.08. The van der Waals surface area contributed by atoms with Gasteiger partial charge in [0.1, 0.15) is 11.5 Å². The second-order valence-electron chi connectivity index (χ2n) is 7.10. The van der Waals surface area contributed by atoms with Crippen LogP contribution in [0.2, 0.25) is 0 Å². The third-order valence-electron chi connectivity index (χ3n) is 5.23. The Labute approximate surface area is 171 Å². The summed E-state index contributed by atoms with van der Waals surface area (Å²) in [5.41, 5.74) is 3.12. The number of methoxy groups -OCH3 is 1. The second-order valence-corrected chi connectivity index (χ2v) is 8.09. The Hall–Kier alpha value is -1.99. The third kappa shape index (κ3) is 5.08. The maximum Gasteiger partial charge on any atom is 0.230 e. The molecule has 1 atom stereocenters. The number of aryl methyl sites for hydroxylation is 2. The zero-order valence-corrected chi connectivity index (χ0v) is 17.7. The van der Waals surface area contributed by atoms with Crippen LogP contribution < -0.4 is 10.1 Å². The molecule has 1 aliphatic heterocycles. The number of hydrogen-bond donors (Lipinski definition) is 1. The van der Waals surface area contributed by atoms with Crippen LogP contribution in [0.1, 0.15) is 41.5 Å². The SMILES string of the molecule is COc1ccccc1C(CNC(=O)CSCc1c(C)noc1C)N1CCCC1. The van der Waals surface area contributed by atoms with Crippen LogP contribution in [-0.4, -0.2) is 48.5 Å². The molecule has 1 fully saturated rings. The standard InChI is InChI=1S/C21H29N3O3S/c1-15-18(16(2)27-23-15)13-28-14-21(25)22-12-19(24-10-6-7-11-24)17-8-4-5-9-20(17)26-3/h4-5,8-9,19H,6-7,10-14H2,1-3H3,(H,22,25). The Morgan fingerprint density at radius 2 is 2.07 bits per heavy atom. The van der Waals surface area contributed by atoms with Crippen molar-refractivity contribution in [2.75, 3.05) is 32.5 Å². The molecule has 0 aliphatic carbocycles. The Balaban J connectivity index is 1.56. The Kier molecular flexibility index (Phi) is 7.39. The lowest BCUT2D eigenvalue weighted by Crippen LogP contribution is -2.37. The minimum absolute atomic E-state index is 0.0517. The van der Waals surface area contributed by atoms with Gasteiger partial charge in [-0.3, -0.25) is 9.69 Å². The van der Waals surface area contributed by atoms with Crippen molar-refractivity contribution >= 4 is 17.7 Å². The molecular weight excluding hydrogens is 374 g/mol. The quantitative estimate of drug-likeness (QED) is 0.691. The first-order chi connectivity index (χ1) is 13.6. The number of nitrogens with zero attached hydrogens (tertiary/aromatic N) is 2. The van der Waals surface area contributed by atoms with Gasteiger partial charge in [-0.25, -0.2) is 0 Å². The molecule has 1 amide bonds. The fraction of sp³-hybridized carbons (Fsp3) is 0.524. The minimum atomic E-state index is 0.0517. The van der Waals surface area contributed by atoms with Crippen molar-refractivity contribution in [1.82, 2.24) is 15.4 Å². The summed E-state index contributed by atoms with van der Waals surface area (Å²) in [6.07, 6.45) is 2.40. The molecule has 6 nitrogen and oxygen atoms in total. The monoisotopic (exact) mass is 403 g/mol. The van der Waals surface area contributed by atoms with Gasteiger partial charge in [0.05, 0.1) is 24.6 Å². The maximum atomic E-state index is 12.4. The van der Waals surface area contributed by atoms with E-state index in [1.54, 1.807) is 18.9 Å². The lowest BCUT2D eigenvalue weighted by molar-refractivity contribution is -0.118. The summed E-state index contributed by atoms with van der Waals surface area (Å²) in [4.78, 5) is 14.9. The number of ether oxygens (including phenoxy) is 1. The van der Waals surface area contributed by atoms with Gasteiger partial charge in [0, 0.05) is 23.4 Å². The largest absolute Gasteiger partial charge is 0.496 e. The van der Waals surface area contributed by atoms with Gasteiger partial charge in [0.2, 0.25) is 5.91 Å². The van der Waals surface area contributed by atoms with Crippen LogP contribution in [0.3, 0.4) is 0 Å². The first kappa shape index (κ1) is 20.7. The molecule has 28 heavy (non-hydrogen) atoms. The Morgan fingerprint density at radius 1 is 1.32 bits per heavy atom. The van der Waals surface area contributed by atoms with Crippen LogP contribution in [0.25, 0.3) is 0 Å². The predicted octanol–water partition coefficient (Wildman–Crippen LogP) is 3.49. The van der Waals surface area contributed by atoms with E-state index in [9.17, 15) is 4.79 Å². The number of carbonyl (C=O) groups excluding carboxylic acids is 1. The van der Waals surface area contributed by atoms with Gasteiger partial charge in [-0.15, -0.1) is 11.8 Å². The van der Waals surface area contributed by atoms with Crippen molar-refractivity contribution in [1.29, 1.82) is 0 Å². The molecule has 2 heterocycles. The predicted molar refractivity (Wildman–Crippen MR) is 112 cm³/mol. The normalized spacial score (nSPS) is 15.5. The van der Waals surface area contributed by atoms with Crippen LogP contribution >= 0.6 is 11.8 Å². The molecule has 1 unspecified atom stereocenters. The van der Waals surface area contributed by atoms with Crippen molar-refractivity contribution in [3.05, 3.63) is 46.8 Å². The van der Waals surface area contributed by atoms with Crippen LogP contribution in [0.5, 0.6) is 5.75 Å². The van der Waals surface area contributed by atoms with Gasteiger partial charge in [0.15, 0.2) is 0 Å². The van der Waals surface area contributed by atoms with Crippen LogP contribution in [0.4, 0.5) is 0 Å². The molecule has 1 saturated heterocycles. The van der Waals surface area contributed by atoms with Crippen LogP contribution in [-0.2, 0) is 10.5 Å². The molecule has 2 aromatic rings. The van der Waals surface area contributed by atoms with E-state index in [0.29, 0.717) is 12.3 Å². The smallest absolute Gasteiger partial charge is 0.230 e. The van der Waals surface area contributed by atoms with Crippen molar-refractivity contribution in [2.24, 2.45) is 0 Å². The highest BCUT2D eigenvalue weighted by atomic mass is 32.2. The summed E-state index contributed by atoms with van der Waals surface area (Å²) < 4.78 is 10.7. The molecule has 1 aromatic heterocycles. The number of nitrogens with one attached hydrogen (secondary N) is 1. The van der Waals surface area contributed by atoms with E-state index in [1.807, 2.05) is 32.0 Å². The van der Waals surface area contributed by atoms with E-state index in [-0.39, 0.29) is 11.9 Å². The Bertz CT molecular complexity index is 767. The number of thioether (sulfide) groups is 1. The second kappa shape index (κ2) is 9.98. The summed E-state index contributed by atoms with van der Waals surface area (Å²) in [5.74, 6) is 2.91. The fourth-order valence-electron chi connectivity index (χ4n) is 3.65. The van der Waals surface area contributed by atoms with Gasteiger partial charge < -0.3 is 14.6 Å². The average Bonchev–Trinajstić information content (AvgIpc) is 3.34. The van der Waals surface area contributed by atoms with E-state index >= 15 is 0 Å². The number of rotatable bonds is 9. The molecule has 7 heteroatoms. The molecule has 0 saturated carbocycles. The third-order valence-corrected chi connectivity index (χ3v) is 6.19. The molecule has 3 rings (SSSR count). The van der Waals surface area contributed by atoms with Gasteiger partial charge in [-0.2, -0.15) is 0 Å². The van der Waals surface area contributed by atoms with E-state index in [1.165, 1.54) is 12.8 Å². The molecule has 0 radical (unpaired) electrons. The van der Waals surface area contributed by atoms with Crippen molar-refractivity contribution in [2.45, 2.75) is 38.5 Å². The molecule has 152 valence electrons. The molecule has 1 aliphatic rings. The molecule has 1 N–H and O–H groups in total. The number of para-hydroxylation sites is 1. The number of aromatic nitrogens is 1. The van der Waals surface area contributed by atoms with E-state index < -0.39 is 0 Å². The summed E-state index contributed by atoms with van der Waals surface area (Å²) in [6.45, 7) is 6.54. The van der Waals surface area contributed by atoms with Crippen molar-refractivity contribution in [3.63, 3.8) is 0 Å². The zero-order chi connectivity index (χ0) is 19.9.